The van der Waals surface area contributed by atoms with Crippen molar-refractivity contribution in [2.75, 3.05) is 18.8 Å². The van der Waals surface area contributed by atoms with Crippen LogP contribution in [0.3, 0.4) is 0 Å². The molecule has 0 amide bonds. The van der Waals surface area contributed by atoms with Crippen LogP contribution in [0.4, 0.5) is 5.69 Å². The van der Waals surface area contributed by atoms with E-state index in [-0.39, 0.29) is 17.6 Å². The number of aliphatic hydroxyl groups excluding tert-OH is 1. The molecule has 5 nitrogen and oxygen atoms in total. The van der Waals surface area contributed by atoms with Gasteiger partial charge >= 0.3 is 5.97 Å². The number of hydrogen-bond donors (Lipinski definition) is 3. The molecule has 19 heavy (non-hydrogen) atoms. The van der Waals surface area contributed by atoms with Crippen LogP contribution in [-0.4, -0.2) is 40.3 Å². The van der Waals surface area contributed by atoms with Gasteiger partial charge in [-0.15, -0.1) is 0 Å². The van der Waals surface area contributed by atoms with E-state index in [1.54, 1.807) is 18.2 Å². The first-order chi connectivity index (χ1) is 8.99. The largest absolute Gasteiger partial charge is 0.478 e. The molecular formula is C14H20N2O3. The van der Waals surface area contributed by atoms with Gasteiger partial charge in [0.25, 0.3) is 0 Å². The van der Waals surface area contributed by atoms with Crippen molar-refractivity contribution in [3.05, 3.63) is 29.3 Å². The maximum absolute atomic E-state index is 11.3. The van der Waals surface area contributed by atoms with Gasteiger partial charge in [0.05, 0.1) is 11.7 Å². The van der Waals surface area contributed by atoms with E-state index < -0.39 is 5.97 Å². The molecule has 0 spiro atoms. The number of carboxylic acid groups (broad SMARTS) is 1. The van der Waals surface area contributed by atoms with Crippen LogP contribution < -0.4 is 5.73 Å². The summed E-state index contributed by atoms with van der Waals surface area (Å²) in [5.41, 5.74) is 6.97. The molecule has 1 heterocycles. The Morgan fingerprint density at radius 2 is 2.26 bits per heavy atom. The number of carboxylic acids is 1. The van der Waals surface area contributed by atoms with Gasteiger partial charge in [-0.25, -0.2) is 4.79 Å². The summed E-state index contributed by atoms with van der Waals surface area (Å²) in [7, 11) is 0. The molecule has 1 fully saturated rings. The lowest BCUT2D eigenvalue weighted by Crippen LogP contribution is -2.41. The molecule has 1 aliphatic heterocycles. The Morgan fingerprint density at radius 1 is 1.53 bits per heavy atom. The van der Waals surface area contributed by atoms with Gasteiger partial charge in [0.15, 0.2) is 0 Å². The lowest BCUT2D eigenvalue weighted by Gasteiger charge is -2.34. The second kappa shape index (κ2) is 5.59. The zero-order chi connectivity index (χ0) is 14.0. The summed E-state index contributed by atoms with van der Waals surface area (Å²) < 4.78 is 0. The fourth-order valence-electron chi connectivity index (χ4n) is 2.62. The Bertz CT molecular complexity index is 476. The summed E-state index contributed by atoms with van der Waals surface area (Å²) in [5.74, 6) is -0.777. The molecule has 0 radical (unpaired) electrons. The van der Waals surface area contributed by atoms with Crippen molar-refractivity contribution in [2.24, 2.45) is 5.92 Å². The van der Waals surface area contributed by atoms with Crippen molar-refractivity contribution in [1.29, 1.82) is 0 Å². The Labute approximate surface area is 112 Å². The monoisotopic (exact) mass is 264 g/mol. The molecule has 4 N–H and O–H groups in total. The van der Waals surface area contributed by atoms with Crippen molar-refractivity contribution in [1.82, 2.24) is 4.90 Å². The first-order valence-electron chi connectivity index (χ1n) is 6.50. The minimum atomic E-state index is -0.988. The Balaban J connectivity index is 2.15. The molecule has 2 atom stereocenters. The number of aromatic carboxylic acids is 1. The van der Waals surface area contributed by atoms with Crippen LogP contribution in [0.25, 0.3) is 0 Å². The van der Waals surface area contributed by atoms with Gasteiger partial charge in [0.2, 0.25) is 0 Å². The van der Waals surface area contributed by atoms with Crippen molar-refractivity contribution < 1.29 is 15.0 Å². The zero-order valence-corrected chi connectivity index (χ0v) is 11.0. The molecule has 1 aliphatic rings. The zero-order valence-electron chi connectivity index (χ0n) is 11.0. The van der Waals surface area contributed by atoms with E-state index in [0.29, 0.717) is 12.2 Å². The molecule has 0 aliphatic carbocycles. The quantitative estimate of drug-likeness (QED) is 0.713. The topological polar surface area (TPSA) is 86.8 Å². The molecule has 1 aromatic carbocycles. The van der Waals surface area contributed by atoms with E-state index >= 15 is 0 Å². The normalized spacial score (nSPS) is 24.3. The second-order valence-corrected chi connectivity index (χ2v) is 5.25. The Kier molecular flexibility index (Phi) is 4.07. The maximum Gasteiger partial charge on any atom is 0.338 e. The summed E-state index contributed by atoms with van der Waals surface area (Å²) in [6.45, 7) is 4.12. The standard InChI is InChI=1S/C14H20N2O3/c1-9-7-16(6-5-12(9)17)8-10-3-2-4-11(15)13(10)14(18)19/h2-4,9,12,17H,5-8,15H2,1H3,(H,18,19). The van der Waals surface area contributed by atoms with E-state index in [2.05, 4.69) is 4.90 Å². The van der Waals surface area contributed by atoms with Gasteiger partial charge in [-0.2, -0.15) is 0 Å². The Morgan fingerprint density at radius 3 is 2.89 bits per heavy atom. The van der Waals surface area contributed by atoms with Crippen molar-refractivity contribution in [2.45, 2.75) is 26.0 Å². The molecule has 0 aromatic heterocycles. The minimum absolute atomic E-state index is 0.196. The van der Waals surface area contributed by atoms with Gasteiger partial charge in [-0.1, -0.05) is 19.1 Å². The third-order valence-corrected chi connectivity index (χ3v) is 3.73. The van der Waals surface area contributed by atoms with E-state index in [1.165, 1.54) is 0 Å². The third kappa shape index (κ3) is 3.05. The van der Waals surface area contributed by atoms with E-state index in [1.807, 2.05) is 6.92 Å². The predicted octanol–water partition coefficient (Wildman–Crippen LogP) is 1.17. The molecule has 1 saturated heterocycles. The predicted molar refractivity (Wildman–Crippen MR) is 72.9 cm³/mol. The maximum atomic E-state index is 11.3. The van der Waals surface area contributed by atoms with Crippen molar-refractivity contribution in [3.63, 3.8) is 0 Å². The molecule has 1 aromatic rings. The highest BCUT2D eigenvalue weighted by Crippen LogP contribution is 2.22. The smallest absolute Gasteiger partial charge is 0.338 e. The number of aliphatic hydroxyl groups is 1. The van der Waals surface area contributed by atoms with Crippen LogP contribution in [0, 0.1) is 5.92 Å². The van der Waals surface area contributed by atoms with Crippen molar-refractivity contribution in [3.8, 4) is 0 Å². The molecule has 0 bridgehead atoms. The molecule has 2 unspecified atom stereocenters. The van der Waals surface area contributed by atoms with E-state index in [0.717, 1.165) is 25.1 Å². The highest BCUT2D eigenvalue weighted by Gasteiger charge is 2.25. The van der Waals surface area contributed by atoms with Crippen LogP contribution in [0.2, 0.25) is 0 Å². The minimum Gasteiger partial charge on any atom is -0.478 e. The molecule has 0 saturated carbocycles. The summed E-state index contributed by atoms with van der Waals surface area (Å²) in [6, 6.07) is 5.18. The average Bonchev–Trinajstić information content (AvgIpc) is 2.33. The number of nitrogens with two attached hydrogens (primary N) is 1. The van der Waals surface area contributed by atoms with Gasteiger partial charge in [0, 0.05) is 25.3 Å². The van der Waals surface area contributed by atoms with Crippen LogP contribution >= 0.6 is 0 Å². The number of nitrogens with zero attached hydrogens (tertiary/aromatic N) is 1. The number of nitrogen functional groups attached to an aromatic ring is 1. The number of piperidine rings is 1. The lowest BCUT2D eigenvalue weighted by atomic mass is 9.95. The van der Waals surface area contributed by atoms with Gasteiger partial charge < -0.3 is 15.9 Å². The summed E-state index contributed by atoms with van der Waals surface area (Å²) in [5, 5.41) is 18.9. The van der Waals surface area contributed by atoms with Gasteiger partial charge in [-0.3, -0.25) is 4.90 Å². The highest BCUT2D eigenvalue weighted by molar-refractivity contribution is 5.95. The van der Waals surface area contributed by atoms with Gasteiger partial charge in [0.1, 0.15) is 0 Å². The average molecular weight is 264 g/mol. The number of carbonyl (C=O) groups is 1. The van der Waals surface area contributed by atoms with Crippen molar-refractivity contribution >= 4 is 11.7 Å². The number of anilines is 1. The number of hydrogen-bond acceptors (Lipinski definition) is 4. The third-order valence-electron chi connectivity index (χ3n) is 3.73. The van der Waals surface area contributed by atoms with E-state index in [9.17, 15) is 15.0 Å². The fraction of sp³-hybridized carbons (Fsp3) is 0.500. The molecule has 104 valence electrons. The summed E-state index contributed by atoms with van der Waals surface area (Å²) in [4.78, 5) is 13.4. The molecule has 2 rings (SSSR count). The first-order valence-corrected chi connectivity index (χ1v) is 6.50. The highest BCUT2D eigenvalue weighted by atomic mass is 16.4. The fourth-order valence-corrected chi connectivity index (χ4v) is 2.62. The van der Waals surface area contributed by atoms with Crippen LogP contribution in [-0.2, 0) is 6.54 Å². The number of rotatable bonds is 3. The Hall–Kier alpha value is -1.59. The number of likely N-dealkylation sites (tertiary alicyclic amines) is 1. The molecule has 5 heteroatoms. The number of benzene rings is 1. The summed E-state index contributed by atoms with van der Waals surface area (Å²) in [6.07, 6.45) is 0.474. The first kappa shape index (κ1) is 13.8. The van der Waals surface area contributed by atoms with Gasteiger partial charge in [-0.05, 0) is 24.0 Å². The second-order valence-electron chi connectivity index (χ2n) is 5.25. The molecular weight excluding hydrogens is 244 g/mol. The van der Waals surface area contributed by atoms with Crippen LogP contribution in [0.5, 0.6) is 0 Å². The van der Waals surface area contributed by atoms with Crippen LogP contribution in [0.15, 0.2) is 18.2 Å². The SMILES string of the molecule is CC1CN(Cc2cccc(N)c2C(=O)O)CCC1O. The lowest BCUT2D eigenvalue weighted by molar-refractivity contribution is 0.0317. The van der Waals surface area contributed by atoms with E-state index in [4.69, 9.17) is 5.73 Å². The van der Waals surface area contributed by atoms with Crippen LogP contribution in [0.1, 0.15) is 29.3 Å². The summed E-state index contributed by atoms with van der Waals surface area (Å²) >= 11 is 0.